The van der Waals surface area contributed by atoms with Gasteiger partial charge in [0.1, 0.15) is 5.01 Å². The highest BCUT2D eigenvalue weighted by Gasteiger charge is 2.17. The van der Waals surface area contributed by atoms with Crippen molar-refractivity contribution < 1.29 is 15.1 Å². The van der Waals surface area contributed by atoms with Gasteiger partial charge in [-0.3, -0.25) is 10.7 Å². The van der Waals surface area contributed by atoms with Crippen molar-refractivity contribution in [3.8, 4) is 39.0 Å². The highest BCUT2D eigenvalue weighted by molar-refractivity contribution is 7.13. The molecule has 0 radical (unpaired) electrons. The van der Waals surface area contributed by atoms with Crippen molar-refractivity contribution in [2.75, 3.05) is 5.48 Å². The Hall–Kier alpha value is -3.99. The molecule has 1 heterocycles. The van der Waals surface area contributed by atoms with E-state index >= 15 is 0 Å². The number of para-hydroxylation sites is 1. The molecule has 0 aliphatic heterocycles. The molecule has 0 amide bonds. The minimum Gasteiger partial charge on any atom is -0.478 e. The first-order valence-electron chi connectivity index (χ1n) is 8.94. The summed E-state index contributed by atoms with van der Waals surface area (Å²) >= 11 is 1.40. The molecule has 6 nitrogen and oxygen atoms in total. The molecule has 146 valence electrons. The molecule has 30 heavy (non-hydrogen) atoms. The number of nitriles is 1. The monoisotopic (exact) mass is 413 g/mol. The lowest BCUT2D eigenvalue weighted by molar-refractivity contribution is 0.0697. The predicted molar refractivity (Wildman–Crippen MR) is 116 cm³/mol. The van der Waals surface area contributed by atoms with E-state index in [0.29, 0.717) is 32.9 Å². The van der Waals surface area contributed by atoms with Crippen LogP contribution in [0.25, 0.3) is 33.0 Å². The number of hydrogen-bond donors (Lipinski definition) is 3. The van der Waals surface area contributed by atoms with Crippen molar-refractivity contribution in [1.29, 1.82) is 5.26 Å². The van der Waals surface area contributed by atoms with Crippen molar-refractivity contribution in [1.82, 2.24) is 4.98 Å². The fraction of sp³-hybridized carbons (Fsp3) is 0. The third-order valence-electron chi connectivity index (χ3n) is 4.63. The zero-order valence-corrected chi connectivity index (χ0v) is 16.4. The van der Waals surface area contributed by atoms with Crippen LogP contribution in [-0.2, 0) is 0 Å². The number of carbonyl (C=O) groups is 1. The second-order valence-electron chi connectivity index (χ2n) is 6.45. The summed E-state index contributed by atoms with van der Waals surface area (Å²) in [7, 11) is 0. The highest BCUT2D eigenvalue weighted by atomic mass is 32.1. The van der Waals surface area contributed by atoms with Gasteiger partial charge in [0.25, 0.3) is 0 Å². The van der Waals surface area contributed by atoms with Gasteiger partial charge in [-0.2, -0.15) is 5.26 Å². The number of carboxylic acids is 1. The molecule has 7 heteroatoms. The van der Waals surface area contributed by atoms with Crippen LogP contribution in [0.1, 0.15) is 15.9 Å². The molecule has 0 spiro atoms. The quantitative estimate of drug-likeness (QED) is 0.372. The molecule has 1 aromatic heterocycles. The Morgan fingerprint density at radius 3 is 2.60 bits per heavy atom. The Bertz CT molecular complexity index is 1290. The standard InChI is InChI=1S/C23H15N3O3S/c24-12-14-4-3-5-15(10-14)21-13-30-22(25-21)16-8-9-17(19(11-16)23(27)28)18-6-1-2-7-20(18)26-29/h1-11,13,26,29H,(H,27,28). The third-order valence-corrected chi connectivity index (χ3v) is 5.52. The maximum Gasteiger partial charge on any atom is 0.336 e. The van der Waals surface area contributed by atoms with Crippen LogP contribution in [0.4, 0.5) is 5.69 Å². The van der Waals surface area contributed by atoms with E-state index in [1.54, 1.807) is 54.6 Å². The summed E-state index contributed by atoms with van der Waals surface area (Å²) in [5, 5.41) is 30.8. The molecule has 4 aromatic rings. The largest absolute Gasteiger partial charge is 0.478 e. The molecule has 0 atom stereocenters. The molecule has 0 saturated heterocycles. The number of nitrogens with one attached hydrogen (secondary N) is 1. The van der Waals surface area contributed by atoms with E-state index in [1.165, 1.54) is 11.3 Å². The van der Waals surface area contributed by atoms with Gasteiger partial charge in [-0.15, -0.1) is 11.3 Å². The highest BCUT2D eigenvalue weighted by Crippen LogP contribution is 2.35. The molecule has 0 fully saturated rings. The van der Waals surface area contributed by atoms with E-state index in [1.807, 2.05) is 17.5 Å². The molecule has 0 bridgehead atoms. The van der Waals surface area contributed by atoms with Gasteiger partial charge in [0.05, 0.1) is 28.6 Å². The summed E-state index contributed by atoms with van der Waals surface area (Å²) < 4.78 is 0. The average Bonchev–Trinajstić information content (AvgIpc) is 3.29. The minimum absolute atomic E-state index is 0.110. The summed E-state index contributed by atoms with van der Waals surface area (Å²) in [5.74, 6) is -1.07. The molecular formula is C23H15N3O3S. The molecule has 3 aromatic carbocycles. The average molecular weight is 413 g/mol. The normalized spacial score (nSPS) is 10.4. The number of aromatic nitrogens is 1. The van der Waals surface area contributed by atoms with E-state index < -0.39 is 5.97 Å². The maximum atomic E-state index is 11.9. The number of rotatable bonds is 5. The fourth-order valence-corrected chi connectivity index (χ4v) is 4.02. The Balaban J connectivity index is 1.76. The van der Waals surface area contributed by atoms with Gasteiger partial charge in [0, 0.05) is 22.1 Å². The maximum absolute atomic E-state index is 11.9. The Morgan fingerprint density at radius 2 is 1.83 bits per heavy atom. The molecule has 0 aliphatic carbocycles. The number of aromatic carboxylic acids is 1. The van der Waals surface area contributed by atoms with Crippen molar-refractivity contribution in [2.24, 2.45) is 0 Å². The second kappa shape index (κ2) is 8.17. The van der Waals surface area contributed by atoms with Crippen molar-refractivity contribution >= 4 is 23.0 Å². The molecule has 0 unspecified atom stereocenters. The van der Waals surface area contributed by atoms with Crippen molar-refractivity contribution in [2.45, 2.75) is 0 Å². The first-order valence-corrected chi connectivity index (χ1v) is 9.82. The van der Waals surface area contributed by atoms with Gasteiger partial charge in [-0.1, -0.05) is 42.5 Å². The molecule has 3 N–H and O–H groups in total. The molecular weight excluding hydrogens is 398 g/mol. The number of thiazole rings is 1. The second-order valence-corrected chi connectivity index (χ2v) is 7.31. The van der Waals surface area contributed by atoms with Gasteiger partial charge >= 0.3 is 5.97 Å². The van der Waals surface area contributed by atoms with Crippen LogP contribution in [-0.4, -0.2) is 21.3 Å². The number of anilines is 1. The van der Waals surface area contributed by atoms with Crippen LogP contribution in [0.5, 0.6) is 0 Å². The molecule has 4 rings (SSSR count). The number of carboxylic acid groups (broad SMARTS) is 1. The minimum atomic E-state index is -1.07. The lowest BCUT2D eigenvalue weighted by Gasteiger charge is -2.12. The zero-order chi connectivity index (χ0) is 21.1. The lowest BCUT2D eigenvalue weighted by Crippen LogP contribution is -2.02. The first-order chi connectivity index (χ1) is 14.6. The molecule has 0 aliphatic rings. The van der Waals surface area contributed by atoms with Gasteiger partial charge in [0.2, 0.25) is 0 Å². The van der Waals surface area contributed by atoms with E-state index in [4.69, 9.17) is 5.26 Å². The SMILES string of the molecule is N#Cc1cccc(-c2csc(-c3ccc(-c4ccccc4NO)c(C(=O)O)c3)n2)c1. The summed E-state index contributed by atoms with van der Waals surface area (Å²) in [4.78, 5) is 16.6. The Labute approximate surface area is 176 Å². The summed E-state index contributed by atoms with van der Waals surface area (Å²) in [6.07, 6.45) is 0. The summed E-state index contributed by atoms with van der Waals surface area (Å²) in [6, 6.07) is 21.3. The van der Waals surface area contributed by atoms with Gasteiger partial charge in [0.15, 0.2) is 0 Å². The van der Waals surface area contributed by atoms with Crippen LogP contribution in [0.3, 0.4) is 0 Å². The van der Waals surface area contributed by atoms with Crippen LogP contribution in [0.15, 0.2) is 72.1 Å². The van der Waals surface area contributed by atoms with E-state index in [9.17, 15) is 15.1 Å². The van der Waals surface area contributed by atoms with Crippen LogP contribution in [0, 0.1) is 11.3 Å². The summed E-state index contributed by atoms with van der Waals surface area (Å²) in [5.41, 5.74) is 6.49. The number of nitrogens with zero attached hydrogens (tertiary/aromatic N) is 2. The van der Waals surface area contributed by atoms with E-state index in [2.05, 4.69) is 16.5 Å². The van der Waals surface area contributed by atoms with Crippen molar-refractivity contribution in [3.05, 3.63) is 83.2 Å². The van der Waals surface area contributed by atoms with Gasteiger partial charge < -0.3 is 5.11 Å². The Morgan fingerprint density at radius 1 is 1.00 bits per heavy atom. The molecule has 0 saturated carbocycles. The van der Waals surface area contributed by atoms with E-state index in [0.717, 1.165) is 11.3 Å². The topological polar surface area (TPSA) is 106 Å². The zero-order valence-electron chi connectivity index (χ0n) is 15.5. The third kappa shape index (κ3) is 3.65. The van der Waals surface area contributed by atoms with Crippen molar-refractivity contribution in [3.63, 3.8) is 0 Å². The summed E-state index contributed by atoms with van der Waals surface area (Å²) in [6.45, 7) is 0. The predicted octanol–water partition coefficient (Wildman–Crippen LogP) is 5.52. The van der Waals surface area contributed by atoms with Crippen LogP contribution >= 0.6 is 11.3 Å². The van der Waals surface area contributed by atoms with Gasteiger partial charge in [-0.25, -0.2) is 9.78 Å². The lowest BCUT2D eigenvalue weighted by atomic mass is 9.96. The van der Waals surface area contributed by atoms with E-state index in [-0.39, 0.29) is 5.56 Å². The van der Waals surface area contributed by atoms with Gasteiger partial charge in [-0.05, 0) is 29.8 Å². The smallest absolute Gasteiger partial charge is 0.336 e. The fourth-order valence-electron chi connectivity index (χ4n) is 3.19. The number of hydrogen-bond acceptors (Lipinski definition) is 6. The first kappa shape index (κ1) is 19.3. The Kier molecular flexibility index (Phi) is 5.26. The van der Waals surface area contributed by atoms with Crippen LogP contribution in [0.2, 0.25) is 0 Å². The number of benzene rings is 3. The van der Waals surface area contributed by atoms with Crippen LogP contribution < -0.4 is 5.48 Å².